The van der Waals surface area contributed by atoms with E-state index in [1.54, 1.807) is 12.1 Å². The maximum atomic E-state index is 13.1. The third-order valence-corrected chi connectivity index (χ3v) is 3.90. The molecule has 0 bridgehead atoms. The lowest BCUT2D eigenvalue weighted by atomic mass is 9.96. The SMILES string of the molecule is Cc1cc(F)ccc1CN1CC(C)NCC1(C)C. The van der Waals surface area contributed by atoms with Crippen molar-refractivity contribution in [3.8, 4) is 0 Å². The molecule has 0 saturated carbocycles. The molecule has 2 nitrogen and oxygen atoms in total. The summed E-state index contributed by atoms with van der Waals surface area (Å²) < 4.78 is 13.1. The van der Waals surface area contributed by atoms with Crippen LogP contribution >= 0.6 is 0 Å². The van der Waals surface area contributed by atoms with E-state index < -0.39 is 0 Å². The highest BCUT2D eigenvalue weighted by Gasteiger charge is 2.32. The highest BCUT2D eigenvalue weighted by Crippen LogP contribution is 2.22. The third-order valence-electron chi connectivity index (χ3n) is 3.90. The molecule has 1 heterocycles. The van der Waals surface area contributed by atoms with E-state index in [1.165, 1.54) is 5.56 Å². The molecule has 0 aliphatic carbocycles. The van der Waals surface area contributed by atoms with Gasteiger partial charge in [-0.1, -0.05) is 6.07 Å². The molecular formula is C15H23FN2. The lowest BCUT2D eigenvalue weighted by Gasteiger charge is -2.45. The van der Waals surface area contributed by atoms with Crippen LogP contribution in [0.4, 0.5) is 4.39 Å². The lowest BCUT2D eigenvalue weighted by molar-refractivity contribution is 0.0625. The first-order valence-corrected chi connectivity index (χ1v) is 6.62. The van der Waals surface area contributed by atoms with E-state index >= 15 is 0 Å². The van der Waals surface area contributed by atoms with Crippen LogP contribution in [0.1, 0.15) is 31.9 Å². The van der Waals surface area contributed by atoms with Gasteiger partial charge in [-0.2, -0.15) is 0 Å². The minimum atomic E-state index is -0.149. The molecule has 3 heteroatoms. The first-order valence-electron chi connectivity index (χ1n) is 6.62. The molecule has 0 amide bonds. The first-order chi connectivity index (χ1) is 8.38. The zero-order valence-corrected chi connectivity index (χ0v) is 11.8. The Kier molecular flexibility index (Phi) is 3.74. The van der Waals surface area contributed by atoms with E-state index in [4.69, 9.17) is 0 Å². The molecule has 1 aromatic rings. The molecule has 1 saturated heterocycles. The Bertz CT molecular complexity index is 429. The predicted molar refractivity (Wildman–Crippen MR) is 73.1 cm³/mol. The van der Waals surface area contributed by atoms with Crippen molar-refractivity contribution >= 4 is 0 Å². The van der Waals surface area contributed by atoms with Crippen molar-refractivity contribution in [2.75, 3.05) is 13.1 Å². The highest BCUT2D eigenvalue weighted by atomic mass is 19.1. The van der Waals surface area contributed by atoms with Crippen molar-refractivity contribution in [2.45, 2.75) is 45.8 Å². The summed E-state index contributed by atoms with van der Waals surface area (Å²) in [5.41, 5.74) is 2.41. The van der Waals surface area contributed by atoms with Crippen molar-refractivity contribution in [1.82, 2.24) is 10.2 Å². The maximum absolute atomic E-state index is 13.1. The molecule has 1 aliphatic heterocycles. The second-order valence-corrected chi connectivity index (χ2v) is 6.05. The first kappa shape index (κ1) is 13.5. The van der Waals surface area contributed by atoms with Gasteiger partial charge >= 0.3 is 0 Å². The lowest BCUT2D eigenvalue weighted by Crippen LogP contribution is -2.60. The number of rotatable bonds is 2. The van der Waals surface area contributed by atoms with Gasteiger partial charge in [-0.15, -0.1) is 0 Å². The molecular weight excluding hydrogens is 227 g/mol. The summed E-state index contributed by atoms with van der Waals surface area (Å²) in [5, 5.41) is 3.51. The molecule has 0 aromatic heterocycles. The maximum Gasteiger partial charge on any atom is 0.123 e. The normalized spacial score (nSPS) is 24.2. The van der Waals surface area contributed by atoms with Crippen molar-refractivity contribution in [3.05, 3.63) is 35.1 Å². The molecule has 1 N–H and O–H groups in total. The zero-order chi connectivity index (χ0) is 13.3. The third kappa shape index (κ3) is 2.90. The fourth-order valence-corrected chi connectivity index (χ4v) is 2.50. The van der Waals surface area contributed by atoms with Crippen LogP contribution in [0.25, 0.3) is 0 Å². The largest absolute Gasteiger partial charge is 0.311 e. The number of aryl methyl sites for hydroxylation is 1. The minimum absolute atomic E-state index is 0.146. The summed E-state index contributed by atoms with van der Waals surface area (Å²) in [6.07, 6.45) is 0. The van der Waals surface area contributed by atoms with Gasteiger partial charge in [-0.25, -0.2) is 4.39 Å². The summed E-state index contributed by atoms with van der Waals surface area (Å²) in [4.78, 5) is 2.48. The molecule has 2 rings (SSSR count). The van der Waals surface area contributed by atoms with Gasteiger partial charge < -0.3 is 5.32 Å². The fraction of sp³-hybridized carbons (Fsp3) is 0.600. The second kappa shape index (κ2) is 4.98. The van der Waals surface area contributed by atoms with E-state index in [0.717, 1.165) is 25.2 Å². The average molecular weight is 250 g/mol. The van der Waals surface area contributed by atoms with E-state index in [0.29, 0.717) is 6.04 Å². The highest BCUT2D eigenvalue weighted by molar-refractivity contribution is 5.26. The molecule has 1 fully saturated rings. The monoisotopic (exact) mass is 250 g/mol. The van der Waals surface area contributed by atoms with Crippen LogP contribution in [0.15, 0.2) is 18.2 Å². The Labute approximate surface area is 109 Å². The molecule has 1 unspecified atom stereocenters. The molecule has 1 aliphatic rings. The van der Waals surface area contributed by atoms with Crippen molar-refractivity contribution in [3.63, 3.8) is 0 Å². The van der Waals surface area contributed by atoms with Crippen LogP contribution in [0.3, 0.4) is 0 Å². The summed E-state index contributed by atoms with van der Waals surface area (Å²) >= 11 is 0. The average Bonchev–Trinajstić information content (AvgIpc) is 2.27. The molecule has 18 heavy (non-hydrogen) atoms. The molecule has 0 radical (unpaired) electrons. The van der Waals surface area contributed by atoms with E-state index in [-0.39, 0.29) is 11.4 Å². The van der Waals surface area contributed by atoms with Crippen LogP contribution in [-0.4, -0.2) is 29.6 Å². The fourth-order valence-electron chi connectivity index (χ4n) is 2.50. The number of hydrogen-bond donors (Lipinski definition) is 1. The van der Waals surface area contributed by atoms with Gasteiger partial charge in [0.1, 0.15) is 5.82 Å². The Morgan fingerprint density at radius 1 is 1.44 bits per heavy atom. The summed E-state index contributed by atoms with van der Waals surface area (Å²) in [7, 11) is 0. The Hall–Kier alpha value is -0.930. The van der Waals surface area contributed by atoms with Gasteiger partial charge in [-0.05, 0) is 51.0 Å². The van der Waals surface area contributed by atoms with Crippen molar-refractivity contribution < 1.29 is 4.39 Å². The Morgan fingerprint density at radius 3 is 2.83 bits per heavy atom. The van der Waals surface area contributed by atoms with Crippen molar-refractivity contribution in [1.29, 1.82) is 0 Å². The van der Waals surface area contributed by atoms with E-state index in [1.807, 2.05) is 13.0 Å². The van der Waals surface area contributed by atoms with Crippen LogP contribution in [-0.2, 0) is 6.54 Å². The van der Waals surface area contributed by atoms with Gasteiger partial charge in [-0.3, -0.25) is 4.90 Å². The number of nitrogens with one attached hydrogen (secondary N) is 1. The van der Waals surface area contributed by atoms with E-state index in [2.05, 4.69) is 31.0 Å². The number of nitrogens with zero attached hydrogens (tertiary/aromatic N) is 1. The quantitative estimate of drug-likeness (QED) is 0.868. The molecule has 0 spiro atoms. The molecule has 1 aromatic carbocycles. The molecule has 100 valence electrons. The van der Waals surface area contributed by atoms with E-state index in [9.17, 15) is 4.39 Å². The summed E-state index contributed by atoms with van der Waals surface area (Å²) in [5.74, 6) is -0.149. The van der Waals surface area contributed by atoms with Gasteiger partial charge in [0.25, 0.3) is 0 Å². The van der Waals surface area contributed by atoms with Gasteiger partial charge in [0.2, 0.25) is 0 Å². The van der Waals surface area contributed by atoms with Crippen molar-refractivity contribution in [2.24, 2.45) is 0 Å². The smallest absolute Gasteiger partial charge is 0.123 e. The van der Waals surface area contributed by atoms with Gasteiger partial charge in [0.05, 0.1) is 0 Å². The number of halogens is 1. The molecule has 1 atom stereocenters. The zero-order valence-electron chi connectivity index (χ0n) is 11.8. The summed E-state index contributed by atoms with van der Waals surface area (Å²) in [6, 6.07) is 5.60. The van der Waals surface area contributed by atoms with Gasteiger partial charge in [0, 0.05) is 31.2 Å². The predicted octanol–water partition coefficient (Wildman–Crippen LogP) is 2.71. The minimum Gasteiger partial charge on any atom is -0.311 e. The Morgan fingerprint density at radius 2 is 2.17 bits per heavy atom. The van der Waals surface area contributed by atoms with Crippen LogP contribution < -0.4 is 5.32 Å². The number of hydrogen-bond acceptors (Lipinski definition) is 2. The van der Waals surface area contributed by atoms with Gasteiger partial charge in [0.15, 0.2) is 0 Å². The summed E-state index contributed by atoms with van der Waals surface area (Å²) in [6.45, 7) is 11.6. The number of benzene rings is 1. The standard InChI is InChI=1S/C15H23FN2/c1-11-7-14(16)6-5-13(11)9-18-8-12(2)17-10-15(18,3)4/h5-7,12,17H,8-10H2,1-4H3. The Balaban J connectivity index is 2.16. The topological polar surface area (TPSA) is 15.3 Å². The van der Waals surface area contributed by atoms with Crippen LogP contribution in [0.2, 0.25) is 0 Å². The number of piperazine rings is 1. The van der Waals surface area contributed by atoms with Crippen LogP contribution in [0.5, 0.6) is 0 Å². The van der Waals surface area contributed by atoms with Crippen LogP contribution in [0, 0.1) is 12.7 Å². The second-order valence-electron chi connectivity index (χ2n) is 6.05.